The summed E-state index contributed by atoms with van der Waals surface area (Å²) in [6, 6.07) is 0. The zero-order valence-electron chi connectivity index (χ0n) is 9.94. The van der Waals surface area contributed by atoms with Crippen molar-refractivity contribution in [3.8, 4) is 0 Å². The molecule has 0 unspecified atom stereocenters. The lowest BCUT2D eigenvalue weighted by molar-refractivity contribution is 0.428. The molecule has 0 spiro atoms. The van der Waals surface area contributed by atoms with Crippen LogP contribution in [0.3, 0.4) is 0 Å². The van der Waals surface area contributed by atoms with E-state index in [0.717, 1.165) is 10.8 Å². The molecule has 0 radical (unpaired) electrons. The molecular formula is C13H19NOS. The van der Waals surface area contributed by atoms with Crippen LogP contribution < -0.4 is 0 Å². The van der Waals surface area contributed by atoms with Crippen LogP contribution in [0.15, 0.2) is 53.8 Å². The molecule has 0 aliphatic heterocycles. The molecule has 0 aliphatic carbocycles. The van der Waals surface area contributed by atoms with Crippen LogP contribution in [-0.2, 0) is 0 Å². The van der Waals surface area contributed by atoms with Gasteiger partial charge in [0.2, 0.25) is 0 Å². The van der Waals surface area contributed by atoms with Crippen LogP contribution >= 0.6 is 11.8 Å². The number of aliphatic imine (C=N–C) groups is 1. The summed E-state index contributed by atoms with van der Waals surface area (Å²) >= 11 is 1.60. The summed E-state index contributed by atoms with van der Waals surface area (Å²) in [5, 5.41) is 10.7. The number of thioether (sulfide) groups is 1. The summed E-state index contributed by atoms with van der Waals surface area (Å²) in [7, 11) is 0. The zero-order chi connectivity index (χ0) is 12.4. The first kappa shape index (κ1) is 14.8. The van der Waals surface area contributed by atoms with Gasteiger partial charge in [0.1, 0.15) is 10.8 Å². The highest BCUT2D eigenvalue weighted by atomic mass is 32.2. The van der Waals surface area contributed by atoms with E-state index >= 15 is 0 Å². The van der Waals surface area contributed by atoms with E-state index in [1.807, 2.05) is 6.92 Å². The first-order valence-electron chi connectivity index (χ1n) is 5.23. The molecule has 1 N–H and O–H groups in total. The van der Waals surface area contributed by atoms with Crippen LogP contribution in [0, 0.1) is 0 Å². The number of nitrogens with zero attached hydrogens (tertiary/aromatic N) is 1. The highest BCUT2D eigenvalue weighted by Gasteiger charge is 2.10. The molecule has 2 nitrogen and oxygen atoms in total. The van der Waals surface area contributed by atoms with Crippen molar-refractivity contribution in [1.82, 2.24) is 0 Å². The third kappa shape index (κ3) is 5.03. The van der Waals surface area contributed by atoms with E-state index in [1.165, 1.54) is 0 Å². The Morgan fingerprint density at radius 3 is 2.31 bits per heavy atom. The van der Waals surface area contributed by atoms with Crippen molar-refractivity contribution in [2.45, 2.75) is 13.8 Å². The van der Waals surface area contributed by atoms with Crippen molar-refractivity contribution in [3.63, 3.8) is 0 Å². The quantitative estimate of drug-likeness (QED) is 0.329. The largest absolute Gasteiger partial charge is 0.507 e. The average molecular weight is 237 g/mol. The van der Waals surface area contributed by atoms with E-state index < -0.39 is 0 Å². The first-order valence-corrected chi connectivity index (χ1v) is 6.22. The molecule has 0 aromatic rings. The molecular weight excluding hydrogens is 218 g/mol. The van der Waals surface area contributed by atoms with Gasteiger partial charge in [-0.25, -0.2) is 0 Å². The van der Waals surface area contributed by atoms with Crippen molar-refractivity contribution in [2.24, 2.45) is 4.99 Å². The third-order valence-corrected chi connectivity index (χ3v) is 2.56. The molecule has 88 valence electrons. The van der Waals surface area contributed by atoms with Gasteiger partial charge in [-0.15, -0.1) is 11.8 Å². The third-order valence-electron chi connectivity index (χ3n) is 1.65. The lowest BCUT2D eigenvalue weighted by atomic mass is 10.2. The zero-order valence-corrected chi connectivity index (χ0v) is 10.8. The summed E-state index contributed by atoms with van der Waals surface area (Å²) in [6.45, 7) is 11.9. The molecule has 0 amide bonds. The van der Waals surface area contributed by atoms with Gasteiger partial charge in [0.05, 0.1) is 0 Å². The van der Waals surface area contributed by atoms with E-state index in [4.69, 9.17) is 0 Å². The van der Waals surface area contributed by atoms with Crippen LogP contribution in [-0.4, -0.2) is 22.4 Å². The van der Waals surface area contributed by atoms with Crippen LogP contribution in [0.5, 0.6) is 0 Å². The maximum Gasteiger partial charge on any atom is 0.125 e. The Morgan fingerprint density at radius 2 is 1.88 bits per heavy atom. The van der Waals surface area contributed by atoms with Crippen LogP contribution in [0.2, 0.25) is 0 Å². The average Bonchev–Trinajstić information content (AvgIpc) is 2.26. The van der Waals surface area contributed by atoms with Gasteiger partial charge in [-0.1, -0.05) is 32.2 Å². The summed E-state index contributed by atoms with van der Waals surface area (Å²) in [6.07, 6.45) is 6.50. The summed E-state index contributed by atoms with van der Waals surface area (Å²) in [5.41, 5.74) is 0.698. The molecule has 0 atom stereocenters. The van der Waals surface area contributed by atoms with Gasteiger partial charge in [-0.3, -0.25) is 4.99 Å². The van der Waals surface area contributed by atoms with Crippen molar-refractivity contribution in [2.75, 3.05) is 12.3 Å². The smallest absolute Gasteiger partial charge is 0.125 e. The highest BCUT2D eigenvalue weighted by Crippen LogP contribution is 2.19. The van der Waals surface area contributed by atoms with Gasteiger partial charge in [-0.05, 0) is 24.8 Å². The summed E-state index contributed by atoms with van der Waals surface area (Å²) in [4.78, 5) is 4.36. The lowest BCUT2D eigenvalue weighted by Crippen LogP contribution is -2.03. The molecule has 0 bridgehead atoms. The van der Waals surface area contributed by atoms with E-state index in [0.29, 0.717) is 12.1 Å². The second kappa shape index (κ2) is 9.04. The Morgan fingerprint density at radius 1 is 1.25 bits per heavy atom. The van der Waals surface area contributed by atoms with Gasteiger partial charge in [0, 0.05) is 12.1 Å². The normalized spacial score (nSPS) is 13.8. The van der Waals surface area contributed by atoms with Gasteiger partial charge in [0.15, 0.2) is 0 Å². The second-order valence-electron chi connectivity index (χ2n) is 2.82. The van der Waals surface area contributed by atoms with Crippen molar-refractivity contribution < 1.29 is 5.11 Å². The number of aliphatic hydroxyl groups is 1. The van der Waals surface area contributed by atoms with Gasteiger partial charge in [0.25, 0.3) is 0 Å². The van der Waals surface area contributed by atoms with Gasteiger partial charge < -0.3 is 5.11 Å². The molecule has 16 heavy (non-hydrogen) atoms. The molecule has 0 saturated carbocycles. The predicted molar refractivity (Wildman–Crippen MR) is 75.3 cm³/mol. The van der Waals surface area contributed by atoms with E-state index in [9.17, 15) is 5.11 Å². The Balaban J connectivity index is 5.23. The number of hydrogen-bond acceptors (Lipinski definition) is 3. The molecule has 3 heteroatoms. The molecule has 0 aliphatic rings. The van der Waals surface area contributed by atoms with Gasteiger partial charge >= 0.3 is 0 Å². The summed E-state index contributed by atoms with van der Waals surface area (Å²) < 4.78 is 0. The summed E-state index contributed by atoms with van der Waals surface area (Å²) in [5.74, 6) is 1.08. The fourth-order valence-corrected chi connectivity index (χ4v) is 1.90. The number of rotatable bonds is 6. The standard InChI is InChI=1S/C13H19NOS/c1-5-9-11(12(15)10-6-2)13(14-7-3)16-8-4/h5-6,9-10,15H,1-2,7-8H2,3-4H3/b11-9+,12-10+,14-13?. The lowest BCUT2D eigenvalue weighted by Gasteiger charge is -2.08. The molecule has 0 rings (SSSR count). The van der Waals surface area contributed by atoms with Crippen LogP contribution in [0.25, 0.3) is 0 Å². The van der Waals surface area contributed by atoms with Crippen molar-refractivity contribution in [1.29, 1.82) is 0 Å². The number of aliphatic hydroxyl groups excluding tert-OH is 1. The van der Waals surface area contributed by atoms with Gasteiger partial charge in [-0.2, -0.15) is 0 Å². The van der Waals surface area contributed by atoms with E-state index in [-0.39, 0.29) is 5.76 Å². The maximum absolute atomic E-state index is 9.84. The first-order chi connectivity index (χ1) is 7.71. The minimum Gasteiger partial charge on any atom is -0.507 e. The fraction of sp³-hybridized carbons (Fsp3) is 0.308. The SMILES string of the molecule is C=C/C=C(O)\C(=C/C=C)C(=NCC)SCC. The fourth-order valence-electron chi connectivity index (χ4n) is 1.07. The van der Waals surface area contributed by atoms with Crippen molar-refractivity contribution in [3.05, 3.63) is 48.8 Å². The minimum absolute atomic E-state index is 0.169. The Kier molecular flexibility index (Phi) is 8.35. The Hall–Kier alpha value is -1.22. The topological polar surface area (TPSA) is 32.6 Å². The van der Waals surface area contributed by atoms with Crippen molar-refractivity contribution >= 4 is 16.8 Å². The maximum atomic E-state index is 9.84. The minimum atomic E-state index is 0.169. The molecule has 0 aromatic heterocycles. The van der Waals surface area contributed by atoms with Crippen LogP contribution in [0.1, 0.15) is 13.8 Å². The molecule has 0 fully saturated rings. The second-order valence-corrected chi connectivity index (χ2v) is 4.07. The van der Waals surface area contributed by atoms with E-state index in [2.05, 4.69) is 25.1 Å². The Bertz CT molecular complexity index is 327. The highest BCUT2D eigenvalue weighted by molar-refractivity contribution is 8.14. The number of allylic oxidation sites excluding steroid dienone is 5. The predicted octanol–water partition coefficient (Wildman–Crippen LogP) is 3.90. The van der Waals surface area contributed by atoms with E-state index in [1.54, 1.807) is 36.1 Å². The monoisotopic (exact) mass is 237 g/mol. The molecule has 0 heterocycles. The number of hydrogen-bond donors (Lipinski definition) is 1. The van der Waals surface area contributed by atoms with Crippen LogP contribution in [0.4, 0.5) is 0 Å². The molecule has 0 saturated heterocycles. The Labute approximate surface area is 102 Å². The molecule has 0 aromatic carbocycles.